The molecule has 0 amide bonds. The second kappa shape index (κ2) is 7.38. The zero-order valence-corrected chi connectivity index (χ0v) is 12.5. The molecule has 1 aliphatic rings. The summed E-state index contributed by atoms with van der Waals surface area (Å²) in [6.07, 6.45) is 5.23. The van der Waals surface area contributed by atoms with Crippen molar-refractivity contribution in [1.82, 2.24) is 10.2 Å². The van der Waals surface area contributed by atoms with E-state index in [1.54, 1.807) is 0 Å². The van der Waals surface area contributed by atoms with Gasteiger partial charge in [0.25, 0.3) is 0 Å². The number of nitrogens with one attached hydrogen (secondary N) is 1. The van der Waals surface area contributed by atoms with Crippen molar-refractivity contribution in [3.05, 3.63) is 0 Å². The Hall–Kier alpha value is -0.0800. The highest BCUT2D eigenvalue weighted by Crippen LogP contribution is 2.18. The maximum absolute atomic E-state index is 3.73. The van der Waals surface area contributed by atoms with E-state index in [-0.39, 0.29) is 0 Å². The van der Waals surface area contributed by atoms with Crippen LogP contribution >= 0.6 is 0 Å². The Labute approximate surface area is 108 Å². The van der Waals surface area contributed by atoms with Crippen molar-refractivity contribution in [2.75, 3.05) is 13.1 Å². The monoisotopic (exact) mass is 240 g/mol. The molecule has 0 saturated carbocycles. The molecule has 0 aliphatic carbocycles. The molecule has 0 aromatic heterocycles. The summed E-state index contributed by atoms with van der Waals surface area (Å²) in [6.45, 7) is 14.2. The van der Waals surface area contributed by atoms with Gasteiger partial charge in [0.15, 0.2) is 0 Å². The fourth-order valence-electron chi connectivity index (χ4n) is 3.09. The molecule has 2 nitrogen and oxygen atoms in total. The van der Waals surface area contributed by atoms with E-state index in [9.17, 15) is 0 Å². The van der Waals surface area contributed by atoms with E-state index >= 15 is 0 Å². The van der Waals surface area contributed by atoms with E-state index in [2.05, 4.69) is 44.8 Å². The average Bonchev–Trinajstić information content (AvgIpc) is 2.40. The van der Waals surface area contributed by atoms with Crippen molar-refractivity contribution < 1.29 is 0 Å². The molecule has 3 unspecified atom stereocenters. The second-order valence-electron chi connectivity index (χ2n) is 6.25. The lowest BCUT2D eigenvalue weighted by Gasteiger charge is -2.35. The van der Waals surface area contributed by atoms with E-state index in [1.807, 2.05) is 0 Å². The topological polar surface area (TPSA) is 15.3 Å². The molecule has 102 valence electrons. The summed E-state index contributed by atoms with van der Waals surface area (Å²) in [4.78, 5) is 2.73. The highest BCUT2D eigenvalue weighted by molar-refractivity contribution is 4.84. The largest absolute Gasteiger partial charge is 0.313 e. The quantitative estimate of drug-likeness (QED) is 0.793. The van der Waals surface area contributed by atoms with E-state index in [1.165, 1.54) is 38.8 Å². The maximum atomic E-state index is 3.73. The van der Waals surface area contributed by atoms with Gasteiger partial charge in [0, 0.05) is 24.7 Å². The third-order valence-corrected chi connectivity index (χ3v) is 4.02. The predicted molar refractivity (Wildman–Crippen MR) is 76.4 cm³/mol. The third kappa shape index (κ3) is 4.97. The minimum atomic E-state index is 0.694. The van der Waals surface area contributed by atoms with Crippen molar-refractivity contribution in [1.29, 1.82) is 0 Å². The highest BCUT2D eigenvalue weighted by atomic mass is 15.2. The zero-order valence-electron chi connectivity index (χ0n) is 12.5. The lowest BCUT2D eigenvalue weighted by atomic mass is 10.0. The first kappa shape index (κ1) is 15.0. The lowest BCUT2D eigenvalue weighted by molar-refractivity contribution is 0.139. The summed E-state index contributed by atoms with van der Waals surface area (Å²) in [7, 11) is 0. The Morgan fingerprint density at radius 3 is 2.59 bits per heavy atom. The van der Waals surface area contributed by atoms with E-state index in [0.717, 1.165) is 18.0 Å². The van der Waals surface area contributed by atoms with Crippen molar-refractivity contribution in [2.45, 2.75) is 78.4 Å². The van der Waals surface area contributed by atoms with Gasteiger partial charge in [-0.1, -0.05) is 27.2 Å². The normalized spacial score (nSPS) is 29.3. The smallest absolute Gasteiger partial charge is 0.0197 e. The van der Waals surface area contributed by atoms with Crippen molar-refractivity contribution in [2.24, 2.45) is 5.92 Å². The lowest BCUT2D eigenvalue weighted by Crippen LogP contribution is -2.45. The minimum Gasteiger partial charge on any atom is -0.313 e. The van der Waals surface area contributed by atoms with Gasteiger partial charge in [0.1, 0.15) is 0 Å². The Balaban J connectivity index is 2.58. The van der Waals surface area contributed by atoms with Gasteiger partial charge in [-0.15, -0.1) is 0 Å². The van der Waals surface area contributed by atoms with Crippen molar-refractivity contribution in [3.63, 3.8) is 0 Å². The van der Waals surface area contributed by atoms with Gasteiger partial charge in [-0.05, 0) is 45.6 Å². The average molecular weight is 240 g/mol. The van der Waals surface area contributed by atoms with Gasteiger partial charge in [-0.3, -0.25) is 4.90 Å². The van der Waals surface area contributed by atoms with Crippen molar-refractivity contribution in [3.8, 4) is 0 Å². The highest BCUT2D eigenvalue weighted by Gasteiger charge is 2.26. The number of rotatable bonds is 5. The van der Waals surface area contributed by atoms with E-state index < -0.39 is 0 Å². The molecule has 1 heterocycles. The SMILES string of the molecule is CCCC(C)N1CC(CC(C)C)NCCC1C. The van der Waals surface area contributed by atoms with Gasteiger partial charge >= 0.3 is 0 Å². The molecule has 1 fully saturated rings. The van der Waals surface area contributed by atoms with E-state index in [0.29, 0.717) is 6.04 Å². The second-order valence-corrected chi connectivity index (χ2v) is 6.25. The molecule has 0 spiro atoms. The fourth-order valence-corrected chi connectivity index (χ4v) is 3.09. The molecular formula is C15H32N2. The van der Waals surface area contributed by atoms with Crippen molar-refractivity contribution >= 4 is 0 Å². The van der Waals surface area contributed by atoms with Crippen LogP contribution in [0.1, 0.15) is 60.3 Å². The first-order valence-electron chi connectivity index (χ1n) is 7.53. The third-order valence-electron chi connectivity index (χ3n) is 4.02. The zero-order chi connectivity index (χ0) is 12.8. The Kier molecular flexibility index (Phi) is 6.50. The van der Waals surface area contributed by atoms with Crippen LogP contribution in [0.5, 0.6) is 0 Å². The Morgan fingerprint density at radius 2 is 2.00 bits per heavy atom. The molecule has 0 aromatic rings. The van der Waals surface area contributed by atoms with Crippen LogP contribution < -0.4 is 5.32 Å². The first-order valence-corrected chi connectivity index (χ1v) is 7.53. The summed E-state index contributed by atoms with van der Waals surface area (Å²) in [5.74, 6) is 0.796. The van der Waals surface area contributed by atoms with Gasteiger partial charge < -0.3 is 5.32 Å². The Morgan fingerprint density at radius 1 is 1.29 bits per heavy atom. The molecule has 0 radical (unpaired) electrons. The first-order chi connectivity index (χ1) is 8.04. The minimum absolute atomic E-state index is 0.694. The standard InChI is InChI=1S/C15H32N2/c1-6-7-13(4)17-11-15(10-12(2)3)16-9-8-14(17)5/h12-16H,6-11H2,1-5H3. The molecule has 2 heteroatoms. The molecule has 0 bridgehead atoms. The van der Waals surface area contributed by atoms with Gasteiger partial charge in [0.2, 0.25) is 0 Å². The molecule has 0 aromatic carbocycles. The van der Waals surface area contributed by atoms with Gasteiger partial charge in [-0.2, -0.15) is 0 Å². The summed E-state index contributed by atoms with van der Waals surface area (Å²) < 4.78 is 0. The summed E-state index contributed by atoms with van der Waals surface area (Å²) >= 11 is 0. The van der Waals surface area contributed by atoms with Crippen LogP contribution in [0.4, 0.5) is 0 Å². The summed E-state index contributed by atoms with van der Waals surface area (Å²) in [6, 6.07) is 2.17. The molecule has 1 N–H and O–H groups in total. The molecule has 3 atom stereocenters. The number of hydrogen-bond donors (Lipinski definition) is 1. The number of nitrogens with zero attached hydrogens (tertiary/aromatic N) is 1. The van der Waals surface area contributed by atoms with Crippen LogP contribution in [0.2, 0.25) is 0 Å². The van der Waals surface area contributed by atoms with Crippen LogP contribution in [-0.2, 0) is 0 Å². The summed E-state index contributed by atoms with van der Waals surface area (Å²) in [5.41, 5.74) is 0. The molecule has 1 rings (SSSR count). The van der Waals surface area contributed by atoms with Crippen LogP contribution in [0.25, 0.3) is 0 Å². The molecule has 1 aliphatic heterocycles. The van der Waals surface area contributed by atoms with E-state index in [4.69, 9.17) is 0 Å². The van der Waals surface area contributed by atoms with Crippen LogP contribution in [0.3, 0.4) is 0 Å². The van der Waals surface area contributed by atoms with Gasteiger partial charge in [0.05, 0.1) is 0 Å². The number of hydrogen-bond acceptors (Lipinski definition) is 2. The Bertz CT molecular complexity index is 203. The fraction of sp³-hybridized carbons (Fsp3) is 1.00. The molecule has 1 saturated heterocycles. The van der Waals surface area contributed by atoms with Crippen LogP contribution in [0.15, 0.2) is 0 Å². The van der Waals surface area contributed by atoms with Gasteiger partial charge in [-0.25, -0.2) is 0 Å². The molecular weight excluding hydrogens is 208 g/mol. The summed E-state index contributed by atoms with van der Waals surface area (Å²) in [5, 5.41) is 3.73. The van der Waals surface area contributed by atoms with Crippen LogP contribution in [0, 0.1) is 5.92 Å². The molecule has 17 heavy (non-hydrogen) atoms. The maximum Gasteiger partial charge on any atom is 0.0197 e. The predicted octanol–water partition coefficient (Wildman–Crippen LogP) is 3.27. The van der Waals surface area contributed by atoms with Crippen LogP contribution in [-0.4, -0.2) is 36.1 Å².